The van der Waals surface area contributed by atoms with Crippen molar-refractivity contribution >= 4 is 47.0 Å². The Kier molecular flexibility index (Phi) is 8.81. The van der Waals surface area contributed by atoms with Crippen molar-refractivity contribution in [2.45, 2.75) is 25.3 Å². The Balaban J connectivity index is 1.58. The van der Waals surface area contributed by atoms with Gasteiger partial charge in [0.05, 0.1) is 10.6 Å². The van der Waals surface area contributed by atoms with Gasteiger partial charge >= 0.3 is 11.8 Å². The first-order chi connectivity index (χ1) is 15.4. The van der Waals surface area contributed by atoms with Crippen LogP contribution in [0.1, 0.15) is 29.6 Å². The second-order valence-corrected chi connectivity index (χ2v) is 9.30. The number of piperazine rings is 1. The molecule has 32 heavy (non-hydrogen) atoms. The zero-order valence-corrected chi connectivity index (χ0v) is 19.8. The Morgan fingerprint density at radius 2 is 1.50 bits per heavy atom. The molecule has 1 N–H and O–H groups in total. The fraction of sp³-hybridized carbons (Fsp3) is 0.545. The van der Waals surface area contributed by atoms with Crippen LogP contribution in [-0.4, -0.2) is 95.6 Å². The van der Waals surface area contributed by atoms with E-state index in [9.17, 15) is 19.2 Å². The molecule has 2 saturated heterocycles. The summed E-state index contributed by atoms with van der Waals surface area (Å²) in [6, 6.07) is 6.04. The number of carbonyl (C=O) groups excluding carboxylic acids is 4. The molecule has 0 spiro atoms. The van der Waals surface area contributed by atoms with Crippen LogP contribution < -0.4 is 5.32 Å². The van der Waals surface area contributed by atoms with Gasteiger partial charge < -0.3 is 20.0 Å². The van der Waals surface area contributed by atoms with Gasteiger partial charge in [0.1, 0.15) is 6.04 Å². The smallest absolute Gasteiger partial charge is 0.312 e. The molecule has 0 bridgehead atoms. The lowest BCUT2D eigenvalue weighted by Crippen LogP contribution is -2.57. The standard InChI is InChI=1S/C22H29ClN4O4S/c1-32-15-8-18(24-19(28)16-6-2-3-7-17(16)23)20(29)26-11-13-27(14-12-26)22(31)21(30)25-9-4-5-10-25/h2-3,6-7,18H,4-5,8-15H2,1H3,(H,24,28). The van der Waals surface area contributed by atoms with E-state index in [-0.39, 0.29) is 11.8 Å². The monoisotopic (exact) mass is 480 g/mol. The molecule has 0 radical (unpaired) electrons. The number of hydrogen-bond acceptors (Lipinski definition) is 5. The van der Waals surface area contributed by atoms with E-state index in [1.807, 2.05) is 6.26 Å². The molecule has 2 aliphatic heterocycles. The number of nitrogens with one attached hydrogen (secondary N) is 1. The zero-order valence-electron chi connectivity index (χ0n) is 18.2. The molecule has 174 valence electrons. The molecular formula is C22H29ClN4O4S. The van der Waals surface area contributed by atoms with Crippen molar-refractivity contribution in [3.8, 4) is 0 Å². The average molecular weight is 481 g/mol. The predicted molar refractivity (Wildman–Crippen MR) is 125 cm³/mol. The van der Waals surface area contributed by atoms with Crippen LogP contribution in [0, 0.1) is 0 Å². The van der Waals surface area contributed by atoms with Crippen LogP contribution in [0.2, 0.25) is 5.02 Å². The van der Waals surface area contributed by atoms with Crippen LogP contribution in [0.5, 0.6) is 0 Å². The first kappa shape index (κ1) is 24.4. The third-order valence-electron chi connectivity index (χ3n) is 5.79. The van der Waals surface area contributed by atoms with Crippen LogP contribution in [0.4, 0.5) is 0 Å². The van der Waals surface area contributed by atoms with Gasteiger partial charge in [-0.05, 0) is 43.4 Å². The highest BCUT2D eigenvalue weighted by Gasteiger charge is 2.33. The van der Waals surface area contributed by atoms with Crippen LogP contribution in [0.25, 0.3) is 0 Å². The fourth-order valence-electron chi connectivity index (χ4n) is 3.92. The number of hydrogen-bond donors (Lipinski definition) is 1. The molecule has 2 fully saturated rings. The Morgan fingerprint density at radius 1 is 0.938 bits per heavy atom. The normalized spacial score (nSPS) is 17.2. The molecule has 0 aliphatic carbocycles. The van der Waals surface area contributed by atoms with Crippen molar-refractivity contribution in [3.63, 3.8) is 0 Å². The highest BCUT2D eigenvalue weighted by Crippen LogP contribution is 2.16. The number of halogens is 1. The van der Waals surface area contributed by atoms with E-state index in [4.69, 9.17) is 11.6 Å². The van der Waals surface area contributed by atoms with E-state index in [1.165, 1.54) is 4.90 Å². The minimum Gasteiger partial charge on any atom is -0.340 e. The van der Waals surface area contributed by atoms with E-state index in [2.05, 4.69) is 5.32 Å². The molecule has 2 aliphatic rings. The molecular weight excluding hydrogens is 452 g/mol. The molecule has 3 rings (SSSR count). The SMILES string of the molecule is CSCCC(NC(=O)c1ccccc1Cl)C(=O)N1CCN(C(=O)C(=O)N2CCCC2)CC1. The largest absolute Gasteiger partial charge is 0.340 e. The van der Waals surface area contributed by atoms with Crippen molar-refractivity contribution in [1.82, 2.24) is 20.0 Å². The van der Waals surface area contributed by atoms with E-state index in [1.54, 1.807) is 45.8 Å². The van der Waals surface area contributed by atoms with Crippen LogP contribution in [-0.2, 0) is 14.4 Å². The predicted octanol–water partition coefficient (Wildman–Crippen LogP) is 1.48. The first-order valence-corrected chi connectivity index (χ1v) is 12.6. The van der Waals surface area contributed by atoms with Gasteiger partial charge in [0.25, 0.3) is 5.91 Å². The van der Waals surface area contributed by atoms with Crippen molar-refractivity contribution < 1.29 is 19.2 Å². The van der Waals surface area contributed by atoms with Crippen molar-refractivity contribution in [1.29, 1.82) is 0 Å². The summed E-state index contributed by atoms with van der Waals surface area (Å²) in [4.78, 5) is 55.5. The quantitative estimate of drug-likeness (QED) is 0.623. The molecule has 1 aromatic rings. The number of benzene rings is 1. The van der Waals surface area contributed by atoms with E-state index in [0.29, 0.717) is 62.0 Å². The van der Waals surface area contributed by atoms with Crippen molar-refractivity contribution in [2.75, 3.05) is 51.3 Å². The number of rotatable bonds is 6. The maximum absolute atomic E-state index is 13.2. The number of thioether (sulfide) groups is 1. The summed E-state index contributed by atoms with van der Waals surface area (Å²) >= 11 is 7.72. The fourth-order valence-corrected chi connectivity index (χ4v) is 4.61. The summed E-state index contributed by atoms with van der Waals surface area (Å²) in [5, 5.41) is 3.16. The molecule has 8 nitrogen and oxygen atoms in total. The van der Waals surface area contributed by atoms with Crippen LogP contribution in [0.3, 0.4) is 0 Å². The number of likely N-dealkylation sites (tertiary alicyclic amines) is 1. The second-order valence-electron chi connectivity index (χ2n) is 7.90. The lowest BCUT2D eigenvalue weighted by Gasteiger charge is -2.36. The summed E-state index contributed by atoms with van der Waals surface area (Å²) in [5.74, 6) is -0.809. The molecule has 4 amide bonds. The van der Waals surface area contributed by atoms with Gasteiger partial charge in [-0.25, -0.2) is 0 Å². The lowest BCUT2D eigenvalue weighted by atomic mass is 10.1. The minimum atomic E-state index is -0.681. The highest BCUT2D eigenvalue weighted by atomic mass is 35.5. The first-order valence-electron chi connectivity index (χ1n) is 10.8. The van der Waals surface area contributed by atoms with Gasteiger partial charge in [-0.1, -0.05) is 23.7 Å². The number of carbonyl (C=O) groups is 4. The van der Waals surface area contributed by atoms with Gasteiger partial charge in [-0.15, -0.1) is 0 Å². The van der Waals surface area contributed by atoms with Crippen LogP contribution >= 0.6 is 23.4 Å². The summed E-state index contributed by atoms with van der Waals surface area (Å²) in [6.07, 6.45) is 4.29. The Labute approximate surface area is 197 Å². The zero-order chi connectivity index (χ0) is 23.1. The topological polar surface area (TPSA) is 90.0 Å². The third kappa shape index (κ3) is 5.95. The van der Waals surface area contributed by atoms with E-state index in [0.717, 1.165) is 12.8 Å². The van der Waals surface area contributed by atoms with Gasteiger partial charge in [0, 0.05) is 39.3 Å². The number of nitrogens with zero attached hydrogens (tertiary/aromatic N) is 3. The van der Waals surface area contributed by atoms with Gasteiger partial charge in [0.15, 0.2) is 0 Å². The summed E-state index contributed by atoms with van der Waals surface area (Å²) in [7, 11) is 0. The van der Waals surface area contributed by atoms with Gasteiger partial charge in [0.2, 0.25) is 5.91 Å². The third-order valence-corrected chi connectivity index (χ3v) is 6.76. The Morgan fingerprint density at radius 3 is 2.09 bits per heavy atom. The van der Waals surface area contributed by atoms with E-state index < -0.39 is 17.9 Å². The Bertz CT molecular complexity index is 854. The Hall–Kier alpha value is -2.26. The minimum absolute atomic E-state index is 0.183. The number of amides is 4. The molecule has 0 aromatic heterocycles. The molecule has 0 saturated carbocycles. The molecule has 1 unspecified atom stereocenters. The molecule has 1 aromatic carbocycles. The highest BCUT2D eigenvalue weighted by molar-refractivity contribution is 7.98. The van der Waals surface area contributed by atoms with Gasteiger partial charge in [-0.2, -0.15) is 11.8 Å². The van der Waals surface area contributed by atoms with Crippen molar-refractivity contribution in [2.24, 2.45) is 0 Å². The molecule has 1 atom stereocenters. The summed E-state index contributed by atoms with van der Waals surface area (Å²) < 4.78 is 0. The lowest BCUT2D eigenvalue weighted by molar-refractivity contribution is -0.153. The second kappa shape index (κ2) is 11.6. The van der Waals surface area contributed by atoms with Gasteiger partial charge in [-0.3, -0.25) is 19.2 Å². The molecule has 2 heterocycles. The average Bonchev–Trinajstić information content (AvgIpc) is 3.35. The van der Waals surface area contributed by atoms with Crippen LogP contribution in [0.15, 0.2) is 24.3 Å². The van der Waals surface area contributed by atoms with Crippen molar-refractivity contribution in [3.05, 3.63) is 34.9 Å². The maximum Gasteiger partial charge on any atom is 0.312 e. The maximum atomic E-state index is 13.2. The summed E-state index contributed by atoms with van der Waals surface area (Å²) in [6.45, 7) is 2.53. The van der Waals surface area contributed by atoms with E-state index >= 15 is 0 Å². The molecule has 10 heteroatoms. The summed E-state index contributed by atoms with van der Waals surface area (Å²) in [5.41, 5.74) is 0.326.